The van der Waals surface area contributed by atoms with Crippen LogP contribution in [0.2, 0.25) is 0 Å². The van der Waals surface area contributed by atoms with Gasteiger partial charge >= 0.3 is 0 Å². The predicted molar refractivity (Wildman–Crippen MR) is 79.2 cm³/mol. The summed E-state index contributed by atoms with van der Waals surface area (Å²) < 4.78 is 31.3. The van der Waals surface area contributed by atoms with E-state index in [1.54, 1.807) is 6.92 Å². The maximum Gasteiger partial charge on any atom is 0.248 e. The summed E-state index contributed by atoms with van der Waals surface area (Å²) in [6, 6.07) is 3.12. The van der Waals surface area contributed by atoms with E-state index in [1.165, 1.54) is 6.07 Å². The molecule has 0 radical (unpaired) electrons. The van der Waals surface area contributed by atoms with Gasteiger partial charge in [0.05, 0.1) is 6.10 Å². The maximum atomic E-state index is 13.1. The Kier molecular flexibility index (Phi) is 7.41. The van der Waals surface area contributed by atoms with E-state index in [2.05, 4.69) is 19.2 Å². The lowest BCUT2D eigenvalue weighted by molar-refractivity contribution is -0.132. The van der Waals surface area contributed by atoms with E-state index >= 15 is 0 Å². The molecular weight excluding hydrogens is 292 g/mol. The normalized spacial score (nSPS) is 14.0. The topological polar surface area (TPSA) is 58.6 Å². The van der Waals surface area contributed by atoms with Gasteiger partial charge in [0.15, 0.2) is 11.6 Å². The summed E-state index contributed by atoms with van der Waals surface area (Å²) in [5, 5.41) is 12.4. The molecule has 22 heavy (non-hydrogen) atoms. The second-order valence-corrected chi connectivity index (χ2v) is 5.63. The van der Waals surface area contributed by atoms with E-state index < -0.39 is 23.8 Å². The molecule has 124 valence electrons. The number of carbonyl (C=O) groups is 1. The van der Waals surface area contributed by atoms with Crippen molar-refractivity contribution in [3.63, 3.8) is 0 Å². The highest BCUT2D eigenvalue weighted by molar-refractivity contribution is 5.80. The van der Waals surface area contributed by atoms with Crippen molar-refractivity contribution in [1.82, 2.24) is 5.32 Å². The van der Waals surface area contributed by atoms with Gasteiger partial charge in [0, 0.05) is 13.2 Å². The Balaban J connectivity index is 2.40. The first-order valence-corrected chi connectivity index (χ1v) is 7.33. The van der Waals surface area contributed by atoms with Crippen molar-refractivity contribution in [2.45, 2.75) is 39.4 Å². The summed E-state index contributed by atoms with van der Waals surface area (Å²) in [4.78, 5) is 11.8. The van der Waals surface area contributed by atoms with Crippen LogP contribution in [0.4, 0.5) is 8.78 Å². The molecule has 0 heterocycles. The van der Waals surface area contributed by atoms with Crippen LogP contribution in [0.25, 0.3) is 0 Å². The fourth-order valence-electron chi connectivity index (χ4n) is 1.73. The molecule has 1 amide bonds. The quantitative estimate of drug-likeness (QED) is 0.775. The lowest BCUT2D eigenvalue weighted by atomic mass is 10.1. The van der Waals surface area contributed by atoms with Crippen LogP contribution in [0.5, 0.6) is 0 Å². The minimum atomic E-state index is -1.11. The third-order valence-corrected chi connectivity index (χ3v) is 3.23. The molecule has 2 unspecified atom stereocenters. The van der Waals surface area contributed by atoms with Crippen molar-refractivity contribution < 1.29 is 23.4 Å². The molecule has 1 aromatic rings. The van der Waals surface area contributed by atoms with E-state index in [4.69, 9.17) is 4.74 Å². The molecule has 2 atom stereocenters. The highest BCUT2D eigenvalue weighted by Crippen LogP contribution is 2.15. The van der Waals surface area contributed by atoms with Gasteiger partial charge in [-0.05, 0) is 37.0 Å². The number of ether oxygens (including phenoxy) is 1. The van der Waals surface area contributed by atoms with Gasteiger partial charge in [-0.2, -0.15) is 0 Å². The Labute approximate surface area is 129 Å². The Morgan fingerprint density at radius 3 is 2.55 bits per heavy atom. The van der Waals surface area contributed by atoms with Crippen molar-refractivity contribution in [3.05, 3.63) is 35.4 Å². The lowest BCUT2D eigenvalue weighted by Gasteiger charge is -2.16. The zero-order valence-electron chi connectivity index (χ0n) is 13.1. The van der Waals surface area contributed by atoms with Crippen LogP contribution >= 0.6 is 0 Å². The molecule has 0 aliphatic heterocycles. The Bertz CT molecular complexity index is 494. The first kappa shape index (κ1) is 18.5. The largest absolute Gasteiger partial charge is 0.387 e. The first-order chi connectivity index (χ1) is 10.3. The van der Waals surface area contributed by atoms with Crippen molar-refractivity contribution in [2.24, 2.45) is 5.92 Å². The summed E-state index contributed by atoms with van der Waals surface area (Å²) in [5.74, 6) is -1.88. The van der Waals surface area contributed by atoms with E-state index in [0.29, 0.717) is 12.5 Å². The van der Waals surface area contributed by atoms with Gasteiger partial charge in [0.1, 0.15) is 6.10 Å². The Hall–Kier alpha value is -1.53. The fourth-order valence-corrected chi connectivity index (χ4v) is 1.73. The monoisotopic (exact) mass is 315 g/mol. The Morgan fingerprint density at radius 2 is 1.95 bits per heavy atom. The number of rotatable bonds is 8. The predicted octanol–water partition coefficient (Wildman–Crippen LogP) is 2.57. The summed E-state index contributed by atoms with van der Waals surface area (Å²) in [5.41, 5.74) is 0.201. The standard InChI is InChI=1S/C16H23F2NO3/c1-10(2)6-7-22-11(3)16(21)19-9-15(20)12-4-5-13(17)14(18)8-12/h4-5,8,10-11,15,20H,6-7,9H2,1-3H3,(H,19,21). The molecule has 0 aliphatic rings. The molecule has 0 bridgehead atoms. The fraction of sp³-hybridized carbons (Fsp3) is 0.562. The van der Waals surface area contributed by atoms with Crippen LogP contribution in [-0.2, 0) is 9.53 Å². The van der Waals surface area contributed by atoms with E-state index in [1.807, 2.05) is 0 Å². The summed E-state index contributed by atoms with van der Waals surface area (Å²) >= 11 is 0. The van der Waals surface area contributed by atoms with Gasteiger partial charge in [0.25, 0.3) is 0 Å². The Morgan fingerprint density at radius 1 is 1.27 bits per heavy atom. The van der Waals surface area contributed by atoms with Crippen LogP contribution in [0.3, 0.4) is 0 Å². The second-order valence-electron chi connectivity index (χ2n) is 5.63. The third-order valence-electron chi connectivity index (χ3n) is 3.23. The molecule has 6 heteroatoms. The smallest absolute Gasteiger partial charge is 0.248 e. The average Bonchev–Trinajstić information content (AvgIpc) is 2.46. The molecule has 4 nitrogen and oxygen atoms in total. The molecule has 1 rings (SSSR count). The summed E-state index contributed by atoms with van der Waals surface area (Å²) in [6.45, 7) is 6.14. The molecule has 1 aromatic carbocycles. The molecule has 0 aromatic heterocycles. The second kappa shape index (κ2) is 8.80. The number of hydrogen-bond acceptors (Lipinski definition) is 3. The number of aliphatic hydroxyl groups is 1. The van der Waals surface area contributed by atoms with Gasteiger partial charge < -0.3 is 15.2 Å². The third kappa shape index (κ3) is 6.07. The van der Waals surface area contributed by atoms with Crippen LogP contribution < -0.4 is 5.32 Å². The number of amides is 1. The number of benzene rings is 1. The SMILES string of the molecule is CC(C)CCOC(C)C(=O)NCC(O)c1ccc(F)c(F)c1. The molecule has 0 aliphatic carbocycles. The minimum Gasteiger partial charge on any atom is -0.387 e. The maximum absolute atomic E-state index is 13.1. The zero-order chi connectivity index (χ0) is 16.7. The van der Waals surface area contributed by atoms with Gasteiger partial charge in [-0.3, -0.25) is 4.79 Å². The van der Waals surface area contributed by atoms with E-state index in [-0.39, 0.29) is 18.0 Å². The zero-order valence-corrected chi connectivity index (χ0v) is 13.1. The van der Waals surface area contributed by atoms with Gasteiger partial charge in [0.2, 0.25) is 5.91 Å². The van der Waals surface area contributed by atoms with Crippen molar-refractivity contribution >= 4 is 5.91 Å². The molecule has 0 saturated heterocycles. The summed E-state index contributed by atoms with van der Waals surface area (Å²) in [7, 11) is 0. The highest BCUT2D eigenvalue weighted by atomic mass is 19.2. The van der Waals surface area contributed by atoms with Crippen LogP contribution in [0.15, 0.2) is 18.2 Å². The number of nitrogens with one attached hydrogen (secondary N) is 1. The molecule has 2 N–H and O–H groups in total. The highest BCUT2D eigenvalue weighted by Gasteiger charge is 2.16. The van der Waals surface area contributed by atoms with Gasteiger partial charge in [-0.25, -0.2) is 8.78 Å². The van der Waals surface area contributed by atoms with Gasteiger partial charge in [-0.15, -0.1) is 0 Å². The number of carbonyl (C=O) groups excluding carboxylic acids is 1. The number of halogens is 2. The molecular formula is C16H23F2NO3. The van der Waals surface area contributed by atoms with E-state index in [0.717, 1.165) is 18.6 Å². The van der Waals surface area contributed by atoms with Crippen molar-refractivity contribution in [1.29, 1.82) is 0 Å². The number of aliphatic hydroxyl groups excluding tert-OH is 1. The lowest BCUT2D eigenvalue weighted by Crippen LogP contribution is -2.37. The summed E-state index contributed by atoms with van der Waals surface area (Å²) in [6.07, 6.45) is -0.882. The van der Waals surface area contributed by atoms with Gasteiger partial charge in [-0.1, -0.05) is 19.9 Å². The number of hydrogen-bond donors (Lipinski definition) is 2. The minimum absolute atomic E-state index is 0.0955. The van der Waals surface area contributed by atoms with Crippen molar-refractivity contribution in [2.75, 3.05) is 13.2 Å². The average molecular weight is 315 g/mol. The van der Waals surface area contributed by atoms with Crippen LogP contribution in [0, 0.1) is 17.6 Å². The molecule has 0 fully saturated rings. The molecule has 0 saturated carbocycles. The van der Waals surface area contributed by atoms with Crippen molar-refractivity contribution in [3.8, 4) is 0 Å². The van der Waals surface area contributed by atoms with Crippen LogP contribution in [0.1, 0.15) is 38.9 Å². The molecule has 0 spiro atoms. The first-order valence-electron chi connectivity index (χ1n) is 7.33. The van der Waals surface area contributed by atoms with Crippen LogP contribution in [-0.4, -0.2) is 30.3 Å². The van der Waals surface area contributed by atoms with E-state index in [9.17, 15) is 18.7 Å².